The normalized spacial score (nSPS) is 11.4. The number of furan rings is 1. The van der Waals surface area contributed by atoms with Crippen LogP contribution in [0.4, 0.5) is 5.13 Å². The summed E-state index contributed by atoms with van der Waals surface area (Å²) in [5.74, 6) is -1.02. The minimum Gasteiger partial charge on any atom is -0.439 e. The van der Waals surface area contributed by atoms with E-state index >= 15 is 0 Å². The molecular formula is C17H13ClN2O5S2. The van der Waals surface area contributed by atoms with Crippen LogP contribution in [0.3, 0.4) is 0 Å². The Morgan fingerprint density at radius 2 is 1.81 bits per heavy atom. The molecule has 1 N–H and O–H groups in total. The summed E-state index contributed by atoms with van der Waals surface area (Å²) in [5.41, 5.74) is 0.508. The largest absolute Gasteiger partial charge is 0.439 e. The maximum Gasteiger partial charge on any atom is 0.293 e. The Kier molecular flexibility index (Phi) is 5.18. The van der Waals surface area contributed by atoms with Crippen LogP contribution in [-0.4, -0.2) is 25.1 Å². The van der Waals surface area contributed by atoms with Crippen LogP contribution in [0, 0.1) is 6.92 Å². The number of halogens is 1. The van der Waals surface area contributed by atoms with Crippen LogP contribution in [0.15, 0.2) is 50.8 Å². The fourth-order valence-corrected chi connectivity index (χ4v) is 4.41. The van der Waals surface area contributed by atoms with Crippen molar-refractivity contribution in [2.75, 3.05) is 5.32 Å². The Hall–Kier alpha value is -2.49. The molecule has 0 saturated carbocycles. The first kappa shape index (κ1) is 19.3. The number of sulfone groups is 1. The summed E-state index contributed by atoms with van der Waals surface area (Å²) in [5, 5.41) is 2.75. The number of nitrogens with zero attached hydrogens (tertiary/aromatic N) is 1. The summed E-state index contributed by atoms with van der Waals surface area (Å²) >= 11 is 6.80. The third-order valence-corrected chi connectivity index (χ3v) is 6.60. The second kappa shape index (κ2) is 7.26. The maximum absolute atomic E-state index is 12.5. The van der Waals surface area contributed by atoms with Crippen molar-refractivity contribution in [3.63, 3.8) is 0 Å². The van der Waals surface area contributed by atoms with Gasteiger partial charge in [0.2, 0.25) is 14.9 Å². The number of hydrogen-bond donors (Lipinski definition) is 1. The molecule has 3 aromatic rings. The number of thiazole rings is 1. The van der Waals surface area contributed by atoms with E-state index < -0.39 is 15.7 Å². The van der Waals surface area contributed by atoms with Gasteiger partial charge in [0.1, 0.15) is 0 Å². The fraction of sp³-hybridized carbons (Fsp3) is 0.118. The molecule has 0 fully saturated rings. The van der Waals surface area contributed by atoms with Crippen LogP contribution in [-0.2, 0) is 9.84 Å². The summed E-state index contributed by atoms with van der Waals surface area (Å²) in [4.78, 5) is 28.3. The Morgan fingerprint density at radius 1 is 1.15 bits per heavy atom. The van der Waals surface area contributed by atoms with Crippen LogP contribution in [0.5, 0.6) is 0 Å². The van der Waals surface area contributed by atoms with Gasteiger partial charge in [0.05, 0.1) is 15.5 Å². The molecule has 2 heterocycles. The third-order valence-electron chi connectivity index (χ3n) is 3.53. The number of nitrogens with one attached hydrogen (secondary N) is 1. The Morgan fingerprint density at radius 3 is 2.41 bits per heavy atom. The average Bonchev–Trinajstić information content (AvgIpc) is 3.22. The fourth-order valence-electron chi connectivity index (χ4n) is 2.25. The van der Waals surface area contributed by atoms with Gasteiger partial charge in [-0.15, -0.1) is 0 Å². The lowest BCUT2D eigenvalue weighted by Gasteiger charge is -2.01. The van der Waals surface area contributed by atoms with Gasteiger partial charge in [-0.2, -0.15) is 0 Å². The molecule has 0 bridgehead atoms. The molecule has 10 heteroatoms. The van der Waals surface area contributed by atoms with Crippen molar-refractivity contribution < 1.29 is 22.4 Å². The van der Waals surface area contributed by atoms with Gasteiger partial charge in [-0.25, -0.2) is 13.4 Å². The molecule has 2 aromatic heterocycles. The molecule has 0 aliphatic carbocycles. The van der Waals surface area contributed by atoms with Crippen molar-refractivity contribution in [1.82, 2.24) is 4.98 Å². The first-order valence-electron chi connectivity index (χ1n) is 7.58. The van der Waals surface area contributed by atoms with Crippen molar-refractivity contribution in [3.8, 4) is 0 Å². The summed E-state index contributed by atoms with van der Waals surface area (Å²) in [6.07, 6.45) is 0. The molecule has 0 saturated heterocycles. The van der Waals surface area contributed by atoms with Crippen LogP contribution in [0.2, 0.25) is 5.02 Å². The van der Waals surface area contributed by atoms with E-state index in [1.165, 1.54) is 43.3 Å². The van der Waals surface area contributed by atoms with Crippen molar-refractivity contribution in [3.05, 3.63) is 57.8 Å². The molecule has 7 nitrogen and oxygen atoms in total. The molecule has 1 aromatic carbocycles. The Balaban J connectivity index is 1.82. The number of hydrogen-bond acceptors (Lipinski definition) is 7. The zero-order valence-electron chi connectivity index (χ0n) is 14.1. The zero-order valence-corrected chi connectivity index (χ0v) is 16.5. The SMILES string of the molecule is CC(=O)c1sc(NC(=O)c2ccc(S(=O)(=O)c3ccc(Cl)cc3)o2)nc1C. The summed E-state index contributed by atoms with van der Waals surface area (Å²) < 4.78 is 30.3. The van der Waals surface area contributed by atoms with Gasteiger partial charge in [0.25, 0.3) is 5.91 Å². The van der Waals surface area contributed by atoms with Gasteiger partial charge >= 0.3 is 0 Å². The van der Waals surface area contributed by atoms with Gasteiger partial charge < -0.3 is 4.42 Å². The molecule has 0 aliphatic heterocycles. The van der Waals surface area contributed by atoms with E-state index in [1.54, 1.807) is 6.92 Å². The second-order valence-electron chi connectivity index (χ2n) is 5.52. The molecule has 1 amide bonds. The lowest BCUT2D eigenvalue weighted by Crippen LogP contribution is -2.10. The first-order valence-corrected chi connectivity index (χ1v) is 10.3. The molecule has 0 unspecified atom stereocenters. The molecule has 3 rings (SSSR count). The number of Topliss-reactive ketones (excluding diaryl/α,β-unsaturated/α-hetero) is 1. The van der Waals surface area contributed by atoms with E-state index in [0.717, 1.165) is 11.3 Å². The number of aromatic nitrogens is 1. The van der Waals surface area contributed by atoms with E-state index in [-0.39, 0.29) is 26.7 Å². The predicted octanol–water partition coefficient (Wildman–Crippen LogP) is 3.99. The van der Waals surface area contributed by atoms with Crippen LogP contribution < -0.4 is 5.32 Å². The number of ketones is 1. The molecule has 0 atom stereocenters. The van der Waals surface area contributed by atoms with Gasteiger partial charge in [0.15, 0.2) is 16.7 Å². The quantitative estimate of drug-likeness (QED) is 0.620. The Labute approximate surface area is 163 Å². The van der Waals surface area contributed by atoms with E-state index in [2.05, 4.69) is 10.3 Å². The number of benzene rings is 1. The number of rotatable bonds is 5. The van der Waals surface area contributed by atoms with E-state index in [9.17, 15) is 18.0 Å². The molecule has 0 radical (unpaired) electrons. The number of amides is 1. The first-order chi connectivity index (χ1) is 12.7. The molecule has 0 spiro atoms. The van der Waals surface area contributed by atoms with Crippen molar-refractivity contribution in [2.45, 2.75) is 23.8 Å². The van der Waals surface area contributed by atoms with Crippen molar-refractivity contribution >= 4 is 49.6 Å². The van der Waals surface area contributed by atoms with Gasteiger partial charge in [-0.05, 0) is 43.3 Å². The third kappa shape index (κ3) is 3.95. The molecule has 140 valence electrons. The highest BCUT2D eigenvalue weighted by molar-refractivity contribution is 7.91. The monoisotopic (exact) mass is 424 g/mol. The van der Waals surface area contributed by atoms with E-state index in [1.807, 2.05) is 0 Å². The lowest BCUT2D eigenvalue weighted by molar-refractivity contribution is 0.0989. The predicted molar refractivity (Wildman–Crippen MR) is 100 cm³/mol. The van der Waals surface area contributed by atoms with Gasteiger partial charge in [-0.1, -0.05) is 22.9 Å². The van der Waals surface area contributed by atoms with Crippen LogP contribution >= 0.6 is 22.9 Å². The number of carbonyl (C=O) groups excluding carboxylic acids is 2. The lowest BCUT2D eigenvalue weighted by atomic mass is 10.3. The molecular weight excluding hydrogens is 412 g/mol. The summed E-state index contributed by atoms with van der Waals surface area (Å²) in [6, 6.07) is 8.05. The Bertz CT molecular complexity index is 1130. The van der Waals surface area contributed by atoms with Crippen molar-refractivity contribution in [2.24, 2.45) is 0 Å². The van der Waals surface area contributed by atoms with E-state index in [0.29, 0.717) is 15.6 Å². The van der Waals surface area contributed by atoms with Gasteiger partial charge in [0, 0.05) is 11.9 Å². The second-order valence-corrected chi connectivity index (χ2v) is 8.84. The topological polar surface area (TPSA) is 106 Å². The molecule has 0 aliphatic rings. The smallest absolute Gasteiger partial charge is 0.293 e. The molecule has 27 heavy (non-hydrogen) atoms. The number of aryl methyl sites for hydroxylation is 1. The standard InChI is InChI=1S/C17H13ClN2O5S2/c1-9-15(10(2)21)26-17(19-9)20-16(22)13-7-8-14(25-13)27(23,24)12-5-3-11(18)4-6-12/h3-8H,1-2H3,(H,19,20,22). The van der Waals surface area contributed by atoms with Gasteiger partial charge in [-0.3, -0.25) is 14.9 Å². The van der Waals surface area contributed by atoms with Crippen LogP contribution in [0.1, 0.15) is 32.8 Å². The highest BCUT2D eigenvalue weighted by Crippen LogP contribution is 2.26. The van der Waals surface area contributed by atoms with Crippen molar-refractivity contribution in [1.29, 1.82) is 0 Å². The minimum atomic E-state index is -3.92. The average molecular weight is 425 g/mol. The maximum atomic E-state index is 12.5. The highest BCUT2D eigenvalue weighted by atomic mass is 35.5. The van der Waals surface area contributed by atoms with Crippen LogP contribution in [0.25, 0.3) is 0 Å². The number of anilines is 1. The summed E-state index contributed by atoms with van der Waals surface area (Å²) in [7, 11) is -3.92. The highest BCUT2D eigenvalue weighted by Gasteiger charge is 2.24. The minimum absolute atomic E-state index is 0.00476. The van der Waals surface area contributed by atoms with E-state index in [4.69, 9.17) is 16.0 Å². The summed E-state index contributed by atoms with van der Waals surface area (Å²) in [6.45, 7) is 3.07. The number of carbonyl (C=O) groups is 2. The zero-order chi connectivity index (χ0) is 19.8.